The van der Waals surface area contributed by atoms with E-state index >= 15 is 0 Å². The van der Waals surface area contributed by atoms with Crippen LogP contribution in [-0.4, -0.2) is 24.5 Å². The van der Waals surface area contributed by atoms with Gasteiger partial charge in [0.05, 0.1) is 0 Å². The molecular weight excluding hydrogens is 270 g/mol. The van der Waals surface area contributed by atoms with Crippen molar-refractivity contribution < 1.29 is 21.1 Å². The number of hydrogen-bond acceptors (Lipinski definition) is 1. The van der Waals surface area contributed by atoms with E-state index in [-0.39, 0.29) is 21.1 Å². The van der Waals surface area contributed by atoms with E-state index in [1.807, 2.05) is 0 Å². The predicted octanol–water partition coefficient (Wildman–Crippen LogP) is 0.914. The standard InChI is InChI=1S/C6H12N.W/c1-2-7-5-3-4-6-7;/h1-6H2;/q-1;. The summed E-state index contributed by atoms with van der Waals surface area (Å²) in [4.78, 5) is 2.38. The minimum absolute atomic E-state index is 0. The van der Waals surface area contributed by atoms with Crippen LogP contribution in [0.2, 0.25) is 0 Å². The molecule has 0 bridgehead atoms. The maximum Gasteiger partial charge on any atom is 0 e. The van der Waals surface area contributed by atoms with Gasteiger partial charge in [-0.25, -0.2) is 0 Å². The number of likely N-dealkylation sites (tertiary alicyclic amines) is 1. The van der Waals surface area contributed by atoms with Gasteiger partial charge in [-0.1, -0.05) is 0 Å². The van der Waals surface area contributed by atoms with E-state index in [4.69, 9.17) is 0 Å². The van der Waals surface area contributed by atoms with E-state index in [0.717, 1.165) is 6.54 Å². The number of nitrogens with zero attached hydrogens (tertiary/aromatic N) is 1. The molecule has 48 valence electrons. The molecule has 0 spiro atoms. The van der Waals surface area contributed by atoms with Gasteiger partial charge >= 0.3 is 0 Å². The first kappa shape index (κ1) is 8.65. The Morgan fingerprint density at radius 1 is 1.25 bits per heavy atom. The topological polar surface area (TPSA) is 3.24 Å². The quantitative estimate of drug-likeness (QED) is 0.646. The van der Waals surface area contributed by atoms with Crippen molar-refractivity contribution in [2.24, 2.45) is 0 Å². The van der Waals surface area contributed by atoms with Crippen LogP contribution in [-0.2, 0) is 21.1 Å². The Balaban J connectivity index is 0.000000490. The molecular formula is C6H12NW-. The third-order valence-electron chi connectivity index (χ3n) is 1.51. The summed E-state index contributed by atoms with van der Waals surface area (Å²) in [5.74, 6) is 0. The average molecular weight is 282 g/mol. The van der Waals surface area contributed by atoms with Gasteiger partial charge < -0.3 is 11.8 Å². The molecule has 0 atom stereocenters. The summed E-state index contributed by atoms with van der Waals surface area (Å²) >= 11 is 0. The van der Waals surface area contributed by atoms with Gasteiger partial charge in [0.1, 0.15) is 0 Å². The van der Waals surface area contributed by atoms with Gasteiger partial charge in [-0.2, -0.15) is 0 Å². The van der Waals surface area contributed by atoms with Crippen molar-refractivity contribution in [2.75, 3.05) is 19.6 Å². The molecule has 1 saturated heterocycles. The molecule has 1 fully saturated rings. The Kier molecular flexibility index (Phi) is 4.89. The van der Waals surface area contributed by atoms with Crippen LogP contribution in [0.5, 0.6) is 0 Å². The maximum atomic E-state index is 3.79. The third-order valence-corrected chi connectivity index (χ3v) is 1.51. The van der Waals surface area contributed by atoms with Gasteiger partial charge in [0.2, 0.25) is 0 Å². The van der Waals surface area contributed by atoms with E-state index in [9.17, 15) is 0 Å². The first-order valence-corrected chi connectivity index (χ1v) is 2.95. The van der Waals surface area contributed by atoms with E-state index in [0.29, 0.717) is 0 Å². The zero-order chi connectivity index (χ0) is 5.11. The molecule has 0 radical (unpaired) electrons. The fourth-order valence-electron chi connectivity index (χ4n) is 1.01. The van der Waals surface area contributed by atoms with Gasteiger partial charge in [0, 0.05) is 21.1 Å². The van der Waals surface area contributed by atoms with Crippen LogP contribution in [0, 0.1) is 6.92 Å². The SMILES string of the molecule is [CH2-]CN1CCCC1.[W]. The Labute approximate surface area is 65.7 Å². The maximum absolute atomic E-state index is 3.79. The van der Waals surface area contributed by atoms with Gasteiger partial charge in [0.15, 0.2) is 0 Å². The van der Waals surface area contributed by atoms with E-state index < -0.39 is 0 Å². The average Bonchev–Trinajstić information content (AvgIpc) is 2.14. The van der Waals surface area contributed by atoms with Crippen LogP contribution in [0.4, 0.5) is 0 Å². The molecule has 8 heavy (non-hydrogen) atoms. The predicted molar refractivity (Wildman–Crippen MR) is 31.0 cm³/mol. The van der Waals surface area contributed by atoms with Gasteiger partial charge in [-0.3, -0.25) is 0 Å². The van der Waals surface area contributed by atoms with Crippen molar-refractivity contribution in [3.63, 3.8) is 0 Å². The second-order valence-electron chi connectivity index (χ2n) is 2.05. The molecule has 0 aromatic heterocycles. The summed E-state index contributed by atoms with van der Waals surface area (Å²) in [6.07, 6.45) is 2.77. The number of rotatable bonds is 1. The van der Waals surface area contributed by atoms with E-state index in [1.165, 1.54) is 25.9 Å². The van der Waals surface area contributed by atoms with Crippen LogP contribution in [0.25, 0.3) is 0 Å². The second-order valence-corrected chi connectivity index (χ2v) is 2.05. The van der Waals surface area contributed by atoms with E-state index in [2.05, 4.69) is 11.8 Å². The van der Waals surface area contributed by atoms with Crippen LogP contribution in [0.1, 0.15) is 12.8 Å². The zero-order valence-corrected chi connectivity index (χ0v) is 8.03. The van der Waals surface area contributed by atoms with Crippen LogP contribution in [0.15, 0.2) is 0 Å². The number of hydrogen-bond donors (Lipinski definition) is 0. The molecule has 1 heterocycles. The largest absolute Gasteiger partial charge is 0.333 e. The zero-order valence-electron chi connectivity index (χ0n) is 5.10. The monoisotopic (exact) mass is 282 g/mol. The summed E-state index contributed by atoms with van der Waals surface area (Å²) in [5.41, 5.74) is 0. The molecule has 1 rings (SSSR count). The first-order chi connectivity index (χ1) is 3.43. The molecule has 2 heteroatoms. The first-order valence-electron chi connectivity index (χ1n) is 2.95. The normalized spacial score (nSPS) is 20.6. The molecule has 1 nitrogen and oxygen atoms in total. The summed E-state index contributed by atoms with van der Waals surface area (Å²) in [5, 5.41) is 0. The fourth-order valence-corrected chi connectivity index (χ4v) is 1.01. The molecule has 0 aromatic carbocycles. The Bertz CT molecular complexity index is 50.5. The molecule has 0 unspecified atom stereocenters. The van der Waals surface area contributed by atoms with Gasteiger partial charge in [0.25, 0.3) is 0 Å². The fraction of sp³-hybridized carbons (Fsp3) is 0.833. The molecule has 0 aromatic rings. The summed E-state index contributed by atoms with van der Waals surface area (Å²) in [6, 6.07) is 0. The van der Waals surface area contributed by atoms with Gasteiger partial charge in [-0.15, -0.1) is 6.54 Å². The minimum atomic E-state index is 0. The second kappa shape index (κ2) is 4.52. The molecule has 1 aliphatic rings. The van der Waals surface area contributed by atoms with Crippen molar-refractivity contribution in [1.29, 1.82) is 0 Å². The van der Waals surface area contributed by atoms with Crippen molar-refractivity contribution >= 4 is 0 Å². The molecule has 0 aliphatic carbocycles. The van der Waals surface area contributed by atoms with Gasteiger partial charge in [-0.05, 0) is 25.9 Å². The smallest absolute Gasteiger partial charge is 0 e. The van der Waals surface area contributed by atoms with Crippen molar-refractivity contribution in [3.05, 3.63) is 6.92 Å². The van der Waals surface area contributed by atoms with Crippen LogP contribution in [0.3, 0.4) is 0 Å². The van der Waals surface area contributed by atoms with Crippen molar-refractivity contribution in [2.45, 2.75) is 12.8 Å². The Morgan fingerprint density at radius 2 is 1.75 bits per heavy atom. The van der Waals surface area contributed by atoms with E-state index in [1.54, 1.807) is 0 Å². The molecule has 1 aliphatic heterocycles. The Morgan fingerprint density at radius 3 is 2.00 bits per heavy atom. The summed E-state index contributed by atoms with van der Waals surface area (Å²) in [6.45, 7) is 7.36. The molecule has 0 saturated carbocycles. The van der Waals surface area contributed by atoms with Crippen molar-refractivity contribution in [1.82, 2.24) is 4.90 Å². The molecule has 0 N–H and O–H groups in total. The minimum Gasteiger partial charge on any atom is -0.333 e. The Hall–Kier alpha value is 0.648. The van der Waals surface area contributed by atoms with Crippen LogP contribution >= 0.6 is 0 Å². The summed E-state index contributed by atoms with van der Waals surface area (Å²) in [7, 11) is 0. The molecule has 0 amide bonds. The van der Waals surface area contributed by atoms with Crippen molar-refractivity contribution in [3.8, 4) is 0 Å². The summed E-state index contributed by atoms with van der Waals surface area (Å²) < 4.78 is 0. The third kappa shape index (κ3) is 2.28. The van der Waals surface area contributed by atoms with Crippen LogP contribution < -0.4 is 0 Å².